The fourth-order valence-corrected chi connectivity index (χ4v) is 3.51. The molecule has 0 aliphatic carbocycles. The fourth-order valence-electron chi connectivity index (χ4n) is 3.15. The van der Waals surface area contributed by atoms with Crippen LogP contribution in [0, 0.1) is 11.7 Å². The molecule has 0 spiro atoms. The van der Waals surface area contributed by atoms with Crippen LogP contribution in [-0.2, 0) is 6.42 Å². The summed E-state index contributed by atoms with van der Waals surface area (Å²) in [6.07, 6.45) is 1.89. The number of nitrogens with two attached hydrogens (primary N) is 1. The van der Waals surface area contributed by atoms with Crippen molar-refractivity contribution < 1.29 is 9.50 Å². The molecule has 0 aromatic heterocycles. The van der Waals surface area contributed by atoms with Gasteiger partial charge in [0.05, 0.1) is 5.60 Å². The second-order valence-electron chi connectivity index (χ2n) is 7.72. The Labute approximate surface area is 170 Å². The first-order chi connectivity index (χ1) is 12.4. The van der Waals surface area contributed by atoms with Gasteiger partial charge in [0.1, 0.15) is 5.82 Å². The van der Waals surface area contributed by atoms with Crippen LogP contribution >= 0.6 is 23.2 Å². The molecule has 3 N–H and O–H groups in total. The number of rotatable bonds is 6. The van der Waals surface area contributed by atoms with Crippen molar-refractivity contribution in [3.8, 4) is 0 Å². The monoisotopic (exact) mass is 409 g/mol. The van der Waals surface area contributed by atoms with E-state index in [1.54, 1.807) is 24.3 Å². The summed E-state index contributed by atoms with van der Waals surface area (Å²) in [4.78, 5) is 0. The quantitative estimate of drug-likeness (QED) is 0.625. The molecule has 0 aliphatic rings. The molecule has 0 fully saturated rings. The lowest BCUT2D eigenvalue weighted by Crippen LogP contribution is -2.54. The molecular formula is C22H26Cl2FNO. The highest BCUT2D eigenvalue weighted by Gasteiger charge is 2.43. The van der Waals surface area contributed by atoms with Crippen LogP contribution in [0.5, 0.6) is 0 Å². The zero-order valence-corrected chi connectivity index (χ0v) is 17.6. The molecule has 2 unspecified atom stereocenters. The lowest BCUT2D eigenvalue weighted by atomic mass is 9.70. The fraction of sp³-hybridized carbons (Fsp3) is 0.364. The van der Waals surface area contributed by atoms with Gasteiger partial charge in [-0.15, -0.1) is 0 Å². The largest absolute Gasteiger partial charge is 0.385 e. The minimum atomic E-state index is -1.39. The maximum Gasteiger partial charge on any atom is 0.128 e. The molecule has 5 heteroatoms. The first-order valence-corrected chi connectivity index (χ1v) is 9.59. The van der Waals surface area contributed by atoms with Crippen LogP contribution in [0.25, 0.3) is 6.08 Å². The zero-order chi connectivity index (χ0) is 20.4. The predicted molar refractivity (Wildman–Crippen MR) is 113 cm³/mol. The van der Waals surface area contributed by atoms with E-state index in [0.717, 1.165) is 5.56 Å². The molecule has 0 bridgehead atoms. The molecule has 0 saturated heterocycles. The van der Waals surface area contributed by atoms with E-state index in [0.29, 0.717) is 10.6 Å². The molecule has 2 aromatic rings. The number of hydrogen-bond acceptors (Lipinski definition) is 2. The lowest BCUT2D eigenvalue weighted by molar-refractivity contribution is -0.00283. The van der Waals surface area contributed by atoms with Gasteiger partial charge in [-0.3, -0.25) is 0 Å². The molecule has 2 nitrogen and oxygen atoms in total. The van der Waals surface area contributed by atoms with Gasteiger partial charge in [-0.1, -0.05) is 54.4 Å². The van der Waals surface area contributed by atoms with E-state index >= 15 is 0 Å². The van der Waals surface area contributed by atoms with Crippen molar-refractivity contribution in [3.05, 3.63) is 75.0 Å². The molecule has 146 valence electrons. The first kappa shape index (κ1) is 21.9. The molecule has 0 aliphatic heterocycles. The van der Waals surface area contributed by atoms with E-state index in [1.807, 2.05) is 45.9 Å². The van der Waals surface area contributed by atoms with Crippen molar-refractivity contribution in [1.82, 2.24) is 0 Å². The molecular weight excluding hydrogens is 384 g/mol. The van der Waals surface area contributed by atoms with Gasteiger partial charge in [-0.05, 0) is 56.2 Å². The van der Waals surface area contributed by atoms with Gasteiger partial charge in [0, 0.05) is 33.5 Å². The van der Waals surface area contributed by atoms with Crippen molar-refractivity contribution >= 4 is 29.3 Å². The Bertz CT molecular complexity index is 807. The van der Waals surface area contributed by atoms with E-state index in [1.165, 1.54) is 6.07 Å². The summed E-state index contributed by atoms with van der Waals surface area (Å²) in [6, 6.07) is 11.8. The minimum Gasteiger partial charge on any atom is -0.385 e. The molecule has 2 rings (SSSR count). The van der Waals surface area contributed by atoms with Crippen LogP contribution in [0.15, 0.2) is 48.0 Å². The van der Waals surface area contributed by atoms with Gasteiger partial charge in [-0.25, -0.2) is 4.39 Å². The lowest BCUT2D eigenvalue weighted by Gasteiger charge is -2.42. The molecule has 27 heavy (non-hydrogen) atoms. The third-order valence-electron chi connectivity index (χ3n) is 5.28. The van der Waals surface area contributed by atoms with Crippen molar-refractivity contribution in [2.75, 3.05) is 0 Å². The third-order valence-corrected chi connectivity index (χ3v) is 5.88. The van der Waals surface area contributed by atoms with Crippen molar-refractivity contribution in [2.45, 2.75) is 45.3 Å². The molecule has 0 heterocycles. The third kappa shape index (κ3) is 5.11. The number of hydrogen-bond donors (Lipinski definition) is 2. The second kappa shape index (κ2) is 8.32. The maximum absolute atomic E-state index is 14.4. The van der Waals surface area contributed by atoms with E-state index in [2.05, 4.69) is 0 Å². The number of benzene rings is 2. The minimum absolute atomic E-state index is 0.0240. The van der Waals surface area contributed by atoms with Crippen LogP contribution in [-0.4, -0.2) is 16.2 Å². The van der Waals surface area contributed by atoms with E-state index < -0.39 is 17.0 Å². The van der Waals surface area contributed by atoms with Crippen LogP contribution in [0.1, 0.15) is 38.8 Å². The Morgan fingerprint density at radius 1 is 1.19 bits per heavy atom. The summed E-state index contributed by atoms with van der Waals surface area (Å²) in [5.74, 6) is -0.813. The number of halogens is 3. The highest BCUT2D eigenvalue weighted by atomic mass is 35.5. The van der Waals surface area contributed by atoms with Gasteiger partial charge in [-0.2, -0.15) is 0 Å². The topological polar surface area (TPSA) is 46.2 Å². The van der Waals surface area contributed by atoms with Gasteiger partial charge >= 0.3 is 0 Å². The van der Waals surface area contributed by atoms with Crippen molar-refractivity contribution in [3.63, 3.8) is 0 Å². The number of aliphatic hydroxyl groups is 1. The summed E-state index contributed by atoms with van der Waals surface area (Å²) in [6.45, 7) is 7.39. The summed E-state index contributed by atoms with van der Waals surface area (Å²) in [5, 5.41) is 12.6. The summed E-state index contributed by atoms with van der Waals surface area (Å²) >= 11 is 12.2. The Kier molecular flexibility index (Phi) is 6.75. The summed E-state index contributed by atoms with van der Waals surface area (Å²) < 4.78 is 14.4. The average Bonchev–Trinajstić information content (AvgIpc) is 2.58. The van der Waals surface area contributed by atoms with E-state index in [9.17, 15) is 9.50 Å². The highest BCUT2D eigenvalue weighted by Crippen LogP contribution is 2.38. The van der Waals surface area contributed by atoms with Crippen LogP contribution in [0.4, 0.5) is 4.39 Å². The van der Waals surface area contributed by atoms with Gasteiger partial charge in [0.15, 0.2) is 0 Å². The standard InChI is InChI=1S/C22H26Cl2FNO/c1-14(12-16-8-10-17(23)11-9-16)22(27,15(2)21(3,4)26)13-18-19(24)6-5-7-20(18)25/h5-12,15,27H,13,26H2,1-4H3. The molecule has 2 aromatic carbocycles. The normalized spacial score (nSPS) is 16.1. The zero-order valence-electron chi connectivity index (χ0n) is 16.1. The van der Waals surface area contributed by atoms with E-state index in [-0.39, 0.29) is 22.9 Å². The maximum atomic E-state index is 14.4. The molecule has 2 atom stereocenters. The van der Waals surface area contributed by atoms with E-state index in [4.69, 9.17) is 28.9 Å². The first-order valence-electron chi connectivity index (χ1n) is 8.83. The van der Waals surface area contributed by atoms with Gasteiger partial charge < -0.3 is 10.8 Å². The Morgan fingerprint density at radius 2 is 1.78 bits per heavy atom. The molecule has 0 amide bonds. The summed E-state index contributed by atoms with van der Waals surface area (Å²) in [5.41, 5.74) is 6.08. The van der Waals surface area contributed by atoms with Crippen LogP contribution in [0.3, 0.4) is 0 Å². The smallest absolute Gasteiger partial charge is 0.128 e. The van der Waals surface area contributed by atoms with Crippen LogP contribution < -0.4 is 5.73 Å². The second-order valence-corrected chi connectivity index (χ2v) is 8.57. The van der Waals surface area contributed by atoms with Crippen molar-refractivity contribution in [2.24, 2.45) is 11.7 Å². The Balaban J connectivity index is 2.54. The van der Waals surface area contributed by atoms with Gasteiger partial charge in [0.2, 0.25) is 0 Å². The molecule has 0 radical (unpaired) electrons. The predicted octanol–water partition coefficient (Wildman–Crippen LogP) is 5.88. The Hall–Kier alpha value is -1.39. The molecule has 0 saturated carbocycles. The average molecular weight is 410 g/mol. The SMILES string of the molecule is CC(=Cc1ccc(Cl)cc1)C(O)(Cc1c(F)cccc1Cl)C(C)C(C)(C)N. The van der Waals surface area contributed by atoms with Crippen LogP contribution in [0.2, 0.25) is 10.0 Å². The van der Waals surface area contributed by atoms with Gasteiger partial charge in [0.25, 0.3) is 0 Å². The Morgan fingerprint density at radius 3 is 2.30 bits per heavy atom. The highest BCUT2D eigenvalue weighted by molar-refractivity contribution is 6.31. The van der Waals surface area contributed by atoms with Crippen molar-refractivity contribution in [1.29, 1.82) is 0 Å². The summed E-state index contributed by atoms with van der Waals surface area (Å²) in [7, 11) is 0.